The van der Waals surface area contributed by atoms with Crippen molar-refractivity contribution in [3.8, 4) is 16.2 Å². The molecule has 1 aliphatic rings. The fourth-order valence-electron chi connectivity index (χ4n) is 3.14. The Hall–Kier alpha value is -2.24. The third kappa shape index (κ3) is 2.91. The molecule has 3 aromatic rings. The average molecular weight is 382 g/mol. The molecule has 4 rings (SSSR count). The molecule has 1 amide bonds. The minimum Gasteiger partial charge on any atom is -0.495 e. The van der Waals surface area contributed by atoms with Gasteiger partial charge < -0.3 is 9.64 Å². The molecule has 0 atom stereocenters. The highest BCUT2D eigenvalue weighted by atomic mass is 32.2. The van der Waals surface area contributed by atoms with Gasteiger partial charge in [-0.15, -0.1) is 23.1 Å². The summed E-state index contributed by atoms with van der Waals surface area (Å²) >= 11 is 3.41. The van der Waals surface area contributed by atoms with Crippen molar-refractivity contribution in [2.45, 2.75) is 17.6 Å². The molecule has 0 fully saturated rings. The zero-order chi connectivity index (χ0) is 18.3. The topological polar surface area (TPSA) is 29.5 Å². The predicted octanol–water partition coefficient (Wildman–Crippen LogP) is 5.61. The number of thioether (sulfide) groups is 1. The van der Waals surface area contributed by atoms with Crippen molar-refractivity contribution in [3.05, 3.63) is 64.5 Å². The molecule has 0 N–H and O–H groups in total. The molecule has 1 aromatic heterocycles. The van der Waals surface area contributed by atoms with Crippen LogP contribution < -0.4 is 9.64 Å². The van der Waals surface area contributed by atoms with E-state index in [1.807, 2.05) is 43.0 Å². The summed E-state index contributed by atoms with van der Waals surface area (Å²) in [5.41, 5.74) is 4.36. The van der Waals surface area contributed by atoms with Crippen molar-refractivity contribution < 1.29 is 9.53 Å². The number of ether oxygens (including phenoxy) is 1. The molecule has 5 heteroatoms. The van der Waals surface area contributed by atoms with Crippen LogP contribution >= 0.6 is 23.1 Å². The van der Waals surface area contributed by atoms with E-state index in [1.54, 1.807) is 30.4 Å². The van der Waals surface area contributed by atoms with Crippen molar-refractivity contribution in [2.75, 3.05) is 19.1 Å². The maximum absolute atomic E-state index is 13.1. The summed E-state index contributed by atoms with van der Waals surface area (Å²) in [4.78, 5) is 18.1. The third-order valence-electron chi connectivity index (χ3n) is 4.53. The predicted molar refractivity (Wildman–Crippen MR) is 110 cm³/mol. The van der Waals surface area contributed by atoms with Crippen LogP contribution in [-0.2, 0) is 5.75 Å². The number of anilines is 1. The molecule has 132 valence electrons. The Balaban J connectivity index is 1.71. The van der Waals surface area contributed by atoms with Crippen molar-refractivity contribution in [3.63, 3.8) is 0 Å². The SMILES string of the molecule is COc1ccc(C)cc1N(C)C(=O)c1cc2c(s1)-c1ccccc1SC2. The van der Waals surface area contributed by atoms with Crippen LogP contribution in [0.1, 0.15) is 20.8 Å². The maximum Gasteiger partial charge on any atom is 0.268 e. The lowest BCUT2D eigenvalue weighted by atomic mass is 10.1. The number of benzene rings is 2. The molecule has 26 heavy (non-hydrogen) atoms. The minimum atomic E-state index is -0.00391. The largest absolute Gasteiger partial charge is 0.495 e. The van der Waals surface area contributed by atoms with E-state index in [0.717, 1.165) is 21.9 Å². The normalized spacial score (nSPS) is 12.3. The van der Waals surface area contributed by atoms with Gasteiger partial charge in [0.05, 0.1) is 17.7 Å². The number of thiophene rings is 1. The molecule has 2 aromatic carbocycles. The van der Waals surface area contributed by atoms with Crippen LogP contribution in [0.15, 0.2) is 53.4 Å². The fraction of sp³-hybridized carbons (Fsp3) is 0.190. The second-order valence-corrected chi connectivity index (χ2v) is 8.36. The summed E-state index contributed by atoms with van der Waals surface area (Å²) in [6.07, 6.45) is 0. The van der Waals surface area contributed by atoms with Crippen molar-refractivity contribution >= 4 is 34.7 Å². The van der Waals surface area contributed by atoms with E-state index in [1.165, 1.54) is 20.9 Å². The summed E-state index contributed by atoms with van der Waals surface area (Å²) in [5.74, 6) is 1.61. The number of amides is 1. The number of aryl methyl sites for hydroxylation is 1. The number of hydrogen-bond acceptors (Lipinski definition) is 4. The quantitative estimate of drug-likeness (QED) is 0.590. The monoisotopic (exact) mass is 381 g/mol. The van der Waals surface area contributed by atoms with Gasteiger partial charge in [-0.2, -0.15) is 0 Å². The number of carbonyl (C=O) groups is 1. The van der Waals surface area contributed by atoms with Crippen molar-refractivity contribution in [2.24, 2.45) is 0 Å². The first-order valence-corrected chi connectivity index (χ1v) is 10.2. The lowest BCUT2D eigenvalue weighted by Gasteiger charge is -2.20. The minimum absolute atomic E-state index is 0.00391. The average Bonchev–Trinajstić information content (AvgIpc) is 3.11. The van der Waals surface area contributed by atoms with E-state index in [2.05, 4.69) is 24.3 Å². The van der Waals surface area contributed by atoms with E-state index in [4.69, 9.17) is 4.74 Å². The maximum atomic E-state index is 13.1. The second-order valence-electron chi connectivity index (χ2n) is 6.29. The molecule has 3 nitrogen and oxygen atoms in total. The number of carbonyl (C=O) groups excluding carboxylic acids is 1. The fourth-order valence-corrected chi connectivity index (χ4v) is 5.53. The van der Waals surface area contributed by atoms with Gasteiger partial charge in [0, 0.05) is 28.1 Å². The molecule has 0 spiro atoms. The Morgan fingerprint density at radius 1 is 1.15 bits per heavy atom. The molecule has 1 aliphatic heterocycles. The second kappa shape index (κ2) is 6.82. The van der Waals surface area contributed by atoms with Gasteiger partial charge in [0.1, 0.15) is 5.75 Å². The van der Waals surface area contributed by atoms with Gasteiger partial charge >= 0.3 is 0 Å². The Bertz CT molecular complexity index is 993. The van der Waals surface area contributed by atoms with Crippen LogP contribution in [0.4, 0.5) is 5.69 Å². The van der Waals surface area contributed by atoms with Crippen LogP contribution in [0.2, 0.25) is 0 Å². The van der Waals surface area contributed by atoms with Gasteiger partial charge in [-0.25, -0.2) is 0 Å². The van der Waals surface area contributed by atoms with E-state index in [0.29, 0.717) is 5.75 Å². The van der Waals surface area contributed by atoms with Gasteiger partial charge in [-0.05, 0) is 42.3 Å². The Kier molecular flexibility index (Phi) is 4.51. The number of rotatable bonds is 3. The third-order valence-corrected chi connectivity index (χ3v) is 6.86. The van der Waals surface area contributed by atoms with E-state index < -0.39 is 0 Å². The van der Waals surface area contributed by atoms with Crippen molar-refractivity contribution in [1.82, 2.24) is 0 Å². The first-order valence-electron chi connectivity index (χ1n) is 8.36. The summed E-state index contributed by atoms with van der Waals surface area (Å²) in [5, 5.41) is 0. The van der Waals surface area contributed by atoms with Gasteiger partial charge in [0.2, 0.25) is 0 Å². The Labute approximate surface area is 161 Å². The van der Waals surface area contributed by atoms with Gasteiger partial charge in [0.25, 0.3) is 5.91 Å². The highest BCUT2D eigenvalue weighted by molar-refractivity contribution is 7.98. The molecule has 0 saturated carbocycles. The lowest BCUT2D eigenvalue weighted by molar-refractivity contribution is 0.0996. The summed E-state index contributed by atoms with van der Waals surface area (Å²) < 4.78 is 5.44. The number of methoxy groups -OCH3 is 1. The standard InChI is InChI=1S/C21H19NO2S2/c1-13-8-9-17(24-3)16(10-13)22(2)21(23)19-11-14-12-25-18-7-5-4-6-15(18)20(14)26-19/h4-11H,12H2,1-3H3. The van der Waals surface area contributed by atoms with E-state index >= 15 is 0 Å². The number of hydrogen-bond donors (Lipinski definition) is 0. The van der Waals surface area contributed by atoms with Crippen LogP contribution in [0.25, 0.3) is 10.4 Å². The highest BCUT2D eigenvalue weighted by Gasteiger charge is 2.24. The summed E-state index contributed by atoms with van der Waals surface area (Å²) in [7, 11) is 3.44. The molecule has 0 radical (unpaired) electrons. The first kappa shape index (κ1) is 17.2. The molecule has 0 bridgehead atoms. The highest BCUT2D eigenvalue weighted by Crippen LogP contribution is 2.45. The lowest BCUT2D eigenvalue weighted by Crippen LogP contribution is -2.26. The molecule has 0 aliphatic carbocycles. The zero-order valence-corrected chi connectivity index (χ0v) is 16.5. The molecular formula is C21H19NO2S2. The zero-order valence-electron chi connectivity index (χ0n) is 14.9. The van der Waals surface area contributed by atoms with E-state index in [-0.39, 0.29) is 5.91 Å². The first-order chi connectivity index (χ1) is 12.6. The molecule has 0 unspecified atom stereocenters. The summed E-state index contributed by atoms with van der Waals surface area (Å²) in [6.45, 7) is 2.01. The van der Waals surface area contributed by atoms with Crippen LogP contribution in [0.5, 0.6) is 5.75 Å². The van der Waals surface area contributed by atoms with Gasteiger partial charge in [0.15, 0.2) is 0 Å². The smallest absolute Gasteiger partial charge is 0.268 e. The molecule has 2 heterocycles. The molecular weight excluding hydrogens is 362 g/mol. The van der Waals surface area contributed by atoms with Gasteiger partial charge in [-0.1, -0.05) is 24.3 Å². The molecule has 0 saturated heterocycles. The van der Waals surface area contributed by atoms with E-state index in [9.17, 15) is 4.79 Å². The van der Waals surface area contributed by atoms with Crippen LogP contribution in [-0.4, -0.2) is 20.1 Å². The van der Waals surface area contributed by atoms with Crippen LogP contribution in [0, 0.1) is 6.92 Å². The Morgan fingerprint density at radius 3 is 2.77 bits per heavy atom. The summed E-state index contributed by atoms with van der Waals surface area (Å²) in [6, 6.07) is 16.3. The van der Waals surface area contributed by atoms with Crippen molar-refractivity contribution in [1.29, 1.82) is 0 Å². The van der Waals surface area contributed by atoms with Gasteiger partial charge in [-0.3, -0.25) is 4.79 Å². The Morgan fingerprint density at radius 2 is 1.96 bits per heavy atom. The number of fused-ring (bicyclic) bond motifs is 3. The van der Waals surface area contributed by atoms with Crippen LogP contribution in [0.3, 0.4) is 0 Å². The number of nitrogens with zero attached hydrogens (tertiary/aromatic N) is 1.